The minimum Gasteiger partial charge on any atom is -0.340 e. The van der Waals surface area contributed by atoms with Gasteiger partial charge in [-0.2, -0.15) is 0 Å². The Morgan fingerprint density at radius 2 is 1.75 bits per heavy atom. The fourth-order valence-corrected chi connectivity index (χ4v) is 2.86. The number of benzene rings is 2. The van der Waals surface area contributed by atoms with Crippen LogP contribution in [0.3, 0.4) is 0 Å². The molecule has 0 bridgehead atoms. The maximum absolute atomic E-state index is 13.4. The molecule has 0 fully saturated rings. The molecule has 0 saturated carbocycles. The number of nitrogens with zero attached hydrogens (tertiary/aromatic N) is 2. The highest BCUT2D eigenvalue weighted by atomic mass is 32.2. The number of nitrogens with one attached hydrogen (secondary N) is 1. The van der Waals surface area contributed by atoms with E-state index in [1.165, 1.54) is 23.9 Å². The van der Waals surface area contributed by atoms with Crippen LogP contribution in [-0.4, -0.2) is 16.2 Å². The second-order valence-corrected chi connectivity index (χ2v) is 6.30. The Balaban J connectivity index is 2.04. The molecule has 3 rings (SSSR count). The summed E-state index contributed by atoms with van der Waals surface area (Å²) < 4.78 is 13.4. The van der Waals surface area contributed by atoms with Crippen molar-refractivity contribution in [3.63, 3.8) is 0 Å². The van der Waals surface area contributed by atoms with Gasteiger partial charge in [-0.1, -0.05) is 30.0 Å². The van der Waals surface area contributed by atoms with Gasteiger partial charge in [-0.3, -0.25) is 0 Å². The first-order valence-electron chi connectivity index (χ1n) is 7.59. The van der Waals surface area contributed by atoms with E-state index in [0.29, 0.717) is 5.16 Å². The van der Waals surface area contributed by atoms with Crippen molar-refractivity contribution in [2.24, 2.45) is 0 Å². The maximum Gasteiger partial charge on any atom is 0.189 e. The highest BCUT2D eigenvalue weighted by Gasteiger charge is 2.10. The molecule has 1 heterocycles. The van der Waals surface area contributed by atoms with Crippen LogP contribution < -0.4 is 5.32 Å². The predicted octanol–water partition coefficient (Wildman–Crippen LogP) is 5.37. The third-order valence-corrected chi connectivity index (χ3v) is 4.31. The van der Waals surface area contributed by atoms with Crippen LogP contribution in [0.2, 0.25) is 0 Å². The number of rotatable bonds is 4. The smallest absolute Gasteiger partial charge is 0.189 e. The summed E-state index contributed by atoms with van der Waals surface area (Å²) in [6, 6.07) is 14.7. The standard InChI is InChI=1S/C19H18FN3S/c1-12-6-4-5-7-16(12)21-18-11-17(22-19(23-18)24-3)15-9-8-14(20)10-13(15)2/h4-11H,1-3H3,(H,21,22,23). The van der Waals surface area contributed by atoms with Crippen LogP contribution in [0.5, 0.6) is 0 Å². The molecule has 5 heteroatoms. The van der Waals surface area contributed by atoms with Gasteiger partial charge in [0.1, 0.15) is 11.6 Å². The molecule has 3 nitrogen and oxygen atoms in total. The summed E-state index contributed by atoms with van der Waals surface area (Å²) in [7, 11) is 0. The van der Waals surface area contributed by atoms with Gasteiger partial charge < -0.3 is 5.32 Å². The molecule has 0 unspecified atom stereocenters. The number of aromatic nitrogens is 2. The van der Waals surface area contributed by atoms with E-state index < -0.39 is 0 Å². The lowest BCUT2D eigenvalue weighted by atomic mass is 10.1. The monoisotopic (exact) mass is 339 g/mol. The van der Waals surface area contributed by atoms with Crippen molar-refractivity contribution in [1.29, 1.82) is 0 Å². The first kappa shape index (κ1) is 16.5. The first-order chi connectivity index (χ1) is 11.6. The van der Waals surface area contributed by atoms with Gasteiger partial charge in [0.25, 0.3) is 0 Å². The van der Waals surface area contributed by atoms with Crippen LogP contribution in [0.15, 0.2) is 53.7 Å². The predicted molar refractivity (Wildman–Crippen MR) is 98.4 cm³/mol. The molecule has 1 aromatic heterocycles. The van der Waals surface area contributed by atoms with Gasteiger partial charge in [0.2, 0.25) is 0 Å². The third kappa shape index (κ3) is 3.57. The van der Waals surface area contributed by atoms with Gasteiger partial charge >= 0.3 is 0 Å². The van der Waals surface area contributed by atoms with Crippen LogP contribution in [0.1, 0.15) is 11.1 Å². The SMILES string of the molecule is CSc1nc(Nc2ccccc2C)cc(-c2ccc(F)cc2C)n1. The van der Waals surface area contributed by atoms with Gasteiger partial charge in [0, 0.05) is 17.3 Å². The largest absolute Gasteiger partial charge is 0.340 e. The molecular weight excluding hydrogens is 321 g/mol. The Labute approximate surface area is 145 Å². The Morgan fingerprint density at radius 1 is 0.958 bits per heavy atom. The van der Waals surface area contributed by atoms with E-state index in [9.17, 15) is 4.39 Å². The molecule has 0 saturated heterocycles. The summed E-state index contributed by atoms with van der Waals surface area (Å²) in [4.78, 5) is 9.09. The van der Waals surface area contributed by atoms with Gasteiger partial charge in [0.05, 0.1) is 5.69 Å². The van der Waals surface area contributed by atoms with Crippen LogP contribution in [0, 0.1) is 19.7 Å². The number of anilines is 2. The molecule has 0 aliphatic heterocycles. The molecule has 0 atom stereocenters. The molecule has 0 aliphatic rings. The van der Waals surface area contributed by atoms with Crippen molar-refractivity contribution < 1.29 is 4.39 Å². The minimum atomic E-state index is -0.242. The van der Waals surface area contributed by atoms with Gasteiger partial charge in [-0.05, 0) is 55.5 Å². The van der Waals surface area contributed by atoms with E-state index in [1.54, 1.807) is 6.07 Å². The fraction of sp³-hybridized carbons (Fsp3) is 0.158. The zero-order valence-electron chi connectivity index (χ0n) is 13.8. The highest BCUT2D eigenvalue weighted by molar-refractivity contribution is 7.98. The second-order valence-electron chi connectivity index (χ2n) is 5.52. The zero-order chi connectivity index (χ0) is 17.1. The summed E-state index contributed by atoms with van der Waals surface area (Å²) in [6.45, 7) is 3.93. The van der Waals surface area contributed by atoms with Crippen LogP contribution in [0.4, 0.5) is 15.9 Å². The van der Waals surface area contributed by atoms with Gasteiger partial charge in [0.15, 0.2) is 5.16 Å². The first-order valence-corrected chi connectivity index (χ1v) is 8.81. The number of hydrogen-bond acceptors (Lipinski definition) is 4. The van der Waals surface area contributed by atoms with Gasteiger partial charge in [-0.15, -0.1) is 0 Å². The molecule has 0 radical (unpaired) electrons. The van der Waals surface area contributed by atoms with Gasteiger partial charge in [-0.25, -0.2) is 14.4 Å². The van der Waals surface area contributed by atoms with E-state index >= 15 is 0 Å². The molecule has 0 spiro atoms. The number of hydrogen-bond donors (Lipinski definition) is 1. The van der Waals surface area contributed by atoms with Crippen molar-refractivity contribution in [2.45, 2.75) is 19.0 Å². The van der Waals surface area contributed by atoms with Crippen molar-refractivity contribution in [3.05, 3.63) is 65.5 Å². The molecular formula is C19H18FN3S. The summed E-state index contributed by atoms with van der Waals surface area (Å²) >= 11 is 1.48. The quantitative estimate of drug-likeness (QED) is 0.512. The van der Waals surface area contributed by atoms with Crippen LogP contribution in [0.25, 0.3) is 11.3 Å². The number of thioether (sulfide) groups is 1. The lowest BCUT2D eigenvalue weighted by Crippen LogP contribution is -2.00. The van der Waals surface area contributed by atoms with E-state index in [4.69, 9.17) is 0 Å². The lowest BCUT2D eigenvalue weighted by Gasteiger charge is -2.12. The fourth-order valence-electron chi connectivity index (χ4n) is 2.48. The van der Waals surface area contributed by atoms with Crippen molar-refractivity contribution in [2.75, 3.05) is 11.6 Å². The van der Waals surface area contributed by atoms with Crippen LogP contribution in [-0.2, 0) is 0 Å². The van der Waals surface area contributed by atoms with Crippen molar-refractivity contribution in [3.8, 4) is 11.3 Å². The van der Waals surface area contributed by atoms with E-state index in [-0.39, 0.29) is 5.82 Å². The second kappa shape index (κ2) is 7.01. The molecule has 122 valence electrons. The number of halogens is 1. The zero-order valence-corrected chi connectivity index (χ0v) is 14.6. The molecule has 24 heavy (non-hydrogen) atoms. The Hall–Kier alpha value is -2.40. The minimum absolute atomic E-state index is 0.242. The third-order valence-electron chi connectivity index (χ3n) is 3.76. The maximum atomic E-state index is 13.4. The summed E-state index contributed by atoms with van der Waals surface area (Å²) in [5.74, 6) is 0.482. The Kier molecular flexibility index (Phi) is 4.81. The molecule has 0 aliphatic carbocycles. The highest BCUT2D eigenvalue weighted by Crippen LogP contribution is 2.28. The molecule has 3 aromatic rings. The number of aryl methyl sites for hydroxylation is 2. The lowest BCUT2D eigenvalue weighted by molar-refractivity contribution is 0.627. The van der Waals surface area contributed by atoms with Crippen molar-refractivity contribution >= 4 is 23.3 Å². The van der Waals surface area contributed by atoms with E-state index in [0.717, 1.165) is 33.9 Å². The number of para-hydroxylation sites is 1. The average Bonchev–Trinajstić information content (AvgIpc) is 2.56. The van der Waals surface area contributed by atoms with Crippen molar-refractivity contribution in [1.82, 2.24) is 9.97 Å². The summed E-state index contributed by atoms with van der Waals surface area (Å²) in [5, 5.41) is 4.02. The molecule has 1 N–H and O–H groups in total. The Morgan fingerprint density at radius 3 is 2.46 bits per heavy atom. The summed E-state index contributed by atoms with van der Waals surface area (Å²) in [6.07, 6.45) is 1.94. The van der Waals surface area contributed by atoms with E-state index in [2.05, 4.69) is 15.3 Å². The van der Waals surface area contributed by atoms with Crippen LogP contribution >= 0.6 is 11.8 Å². The summed E-state index contributed by atoms with van der Waals surface area (Å²) in [5.41, 5.74) is 4.68. The van der Waals surface area contributed by atoms with E-state index in [1.807, 2.05) is 50.4 Å². The normalized spacial score (nSPS) is 10.7. The molecule has 0 amide bonds. The molecule has 2 aromatic carbocycles. The Bertz CT molecular complexity index is 880. The topological polar surface area (TPSA) is 37.8 Å². The average molecular weight is 339 g/mol.